The smallest absolute Gasteiger partial charge is 0.313 e. The summed E-state index contributed by atoms with van der Waals surface area (Å²) in [6.45, 7) is 8.34. The molecule has 0 unspecified atom stereocenters. The van der Waals surface area contributed by atoms with Gasteiger partial charge in [-0.05, 0) is 44.9 Å². The lowest BCUT2D eigenvalue weighted by Crippen LogP contribution is -2.11. The summed E-state index contributed by atoms with van der Waals surface area (Å²) in [5.41, 5.74) is 3.29. The van der Waals surface area contributed by atoms with Gasteiger partial charge in [-0.3, -0.25) is 4.79 Å². The van der Waals surface area contributed by atoms with E-state index in [2.05, 4.69) is 29.1 Å². The standard InChI is InChI=1S/C19H21N3O2S/c1-5-24-16(23)10-15-21-18(20-14-9-7-6-8-11(14)2)17-12(3)13(4)25-19(17)22-15/h6-9H,5,10H2,1-4H3,(H,20,21,22). The van der Waals surface area contributed by atoms with E-state index in [1.165, 1.54) is 10.4 Å². The van der Waals surface area contributed by atoms with E-state index in [1.807, 2.05) is 31.2 Å². The van der Waals surface area contributed by atoms with E-state index in [4.69, 9.17) is 4.74 Å². The fourth-order valence-corrected chi connectivity index (χ4v) is 3.69. The Kier molecular flexibility index (Phi) is 4.99. The molecule has 2 heterocycles. The van der Waals surface area contributed by atoms with Gasteiger partial charge < -0.3 is 10.1 Å². The first-order chi connectivity index (χ1) is 12.0. The lowest BCUT2D eigenvalue weighted by molar-refractivity contribution is -0.142. The third-order valence-corrected chi connectivity index (χ3v) is 5.18. The predicted octanol–water partition coefficient (Wildman–Crippen LogP) is 4.47. The van der Waals surface area contributed by atoms with Gasteiger partial charge in [0.15, 0.2) is 0 Å². The van der Waals surface area contributed by atoms with Crippen LogP contribution in [0.1, 0.15) is 28.8 Å². The molecule has 1 aromatic carbocycles. The summed E-state index contributed by atoms with van der Waals surface area (Å²) in [6, 6.07) is 8.05. The molecule has 0 aliphatic heterocycles. The van der Waals surface area contributed by atoms with Crippen LogP contribution in [-0.4, -0.2) is 22.5 Å². The summed E-state index contributed by atoms with van der Waals surface area (Å²) in [7, 11) is 0. The second kappa shape index (κ2) is 7.19. The number of nitrogens with zero attached hydrogens (tertiary/aromatic N) is 2. The van der Waals surface area contributed by atoms with Gasteiger partial charge in [-0.15, -0.1) is 11.3 Å². The Morgan fingerprint density at radius 3 is 2.68 bits per heavy atom. The number of fused-ring (bicyclic) bond motifs is 1. The minimum absolute atomic E-state index is 0.0717. The number of esters is 1. The van der Waals surface area contributed by atoms with Crippen molar-refractivity contribution < 1.29 is 9.53 Å². The van der Waals surface area contributed by atoms with Crippen LogP contribution in [0.2, 0.25) is 0 Å². The topological polar surface area (TPSA) is 64.1 Å². The molecule has 0 amide bonds. The normalized spacial score (nSPS) is 10.9. The van der Waals surface area contributed by atoms with Gasteiger partial charge in [0.25, 0.3) is 0 Å². The van der Waals surface area contributed by atoms with Gasteiger partial charge in [-0.2, -0.15) is 0 Å². The van der Waals surface area contributed by atoms with E-state index >= 15 is 0 Å². The molecule has 3 aromatic rings. The second-order valence-corrected chi connectivity index (χ2v) is 7.08. The summed E-state index contributed by atoms with van der Waals surface area (Å²) in [4.78, 5) is 23.1. The lowest BCUT2D eigenvalue weighted by Gasteiger charge is -2.11. The molecule has 130 valence electrons. The first-order valence-corrected chi connectivity index (χ1v) is 9.06. The van der Waals surface area contributed by atoms with Crippen molar-refractivity contribution in [3.63, 3.8) is 0 Å². The monoisotopic (exact) mass is 355 g/mol. The number of aryl methyl sites for hydroxylation is 3. The van der Waals surface area contributed by atoms with Crippen molar-refractivity contribution >= 4 is 39.0 Å². The van der Waals surface area contributed by atoms with Gasteiger partial charge in [0.05, 0.1) is 12.0 Å². The SMILES string of the molecule is CCOC(=O)Cc1nc(Nc2ccccc2C)c2c(C)c(C)sc2n1. The number of thiophene rings is 1. The molecule has 0 aliphatic rings. The first-order valence-electron chi connectivity index (χ1n) is 8.24. The number of ether oxygens (including phenoxy) is 1. The average Bonchev–Trinajstić information content (AvgIpc) is 2.84. The van der Waals surface area contributed by atoms with Gasteiger partial charge in [0.2, 0.25) is 0 Å². The van der Waals surface area contributed by atoms with Crippen LogP contribution in [0.25, 0.3) is 10.2 Å². The maximum absolute atomic E-state index is 11.8. The number of nitrogens with one attached hydrogen (secondary N) is 1. The Bertz CT molecular complexity index is 934. The Morgan fingerprint density at radius 2 is 1.96 bits per heavy atom. The number of aromatic nitrogens is 2. The van der Waals surface area contributed by atoms with Crippen LogP contribution in [0.3, 0.4) is 0 Å². The highest BCUT2D eigenvalue weighted by Gasteiger charge is 2.17. The highest BCUT2D eigenvalue weighted by molar-refractivity contribution is 7.18. The lowest BCUT2D eigenvalue weighted by atomic mass is 10.1. The number of benzene rings is 1. The molecule has 5 nitrogen and oxygen atoms in total. The van der Waals surface area contributed by atoms with Crippen molar-refractivity contribution in [3.05, 3.63) is 46.1 Å². The van der Waals surface area contributed by atoms with Crippen LogP contribution in [0.5, 0.6) is 0 Å². The summed E-state index contributed by atoms with van der Waals surface area (Å²) in [5, 5.41) is 4.43. The number of carbonyl (C=O) groups excluding carboxylic acids is 1. The third-order valence-electron chi connectivity index (χ3n) is 4.08. The molecule has 1 N–H and O–H groups in total. The van der Waals surface area contributed by atoms with Gasteiger partial charge in [-0.1, -0.05) is 18.2 Å². The molecule has 0 fully saturated rings. The van der Waals surface area contributed by atoms with Gasteiger partial charge in [0.1, 0.15) is 22.9 Å². The Morgan fingerprint density at radius 1 is 1.20 bits per heavy atom. The van der Waals surface area contributed by atoms with Crippen molar-refractivity contribution in [3.8, 4) is 0 Å². The fraction of sp³-hybridized carbons (Fsp3) is 0.316. The van der Waals surface area contributed by atoms with E-state index in [0.29, 0.717) is 12.4 Å². The van der Waals surface area contributed by atoms with Crippen molar-refractivity contribution in [2.75, 3.05) is 11.9 Å². The van der Waals surface area contributed by atoms with Crippen molar-refractivity contribution in [2.45, 2.75) is 34.1 Å². The summed E-state index contributed by atoms with van der Waals surface area (Å²) in [5.74, 6) is 0.900. The molecule has 0 spiro atoms. The highest BCUT2D eigenvalue weighted by atomic mass is 32.1. The number of anilines is 2. The summed E-state index contributed by atoms with van der Waals surface area (Å²) < 4.78 is 5.03. The summed E-state index contributed by atoms with van der Waals surface area (Å²) in [6.07, 6.45) is 0.0717. The van der Waals surface area contributed by atoms with E-state index in [1.54, 1.807) is 18.3 Å². The van der Waals surface area contributed by atoms with E-state index in [-0.39, 0.29) is 12.4 Å². The van der Waals surface area contributed by atoms with Gasteiger partial charge in [-0.25, -0.2) is 9.97 Å². The average molecular weight is 355 g/mol. The molecule has 6 heteroatoms. The molecule has 2 aromatic heterocycles. The quantitative estimate of drug-likeness (QED) is 0.684. The highest BCUT2D eigenvalue weighted by Crippen LogP contribution is 2.35. The molecular weight excluding hydrogens is 334 g/mol. The Labute approximate surface area is 151 Å². The predicted molar refractivity (Wildman–Crippen MR) is 102 cm³/mol. The molecule has 3 rings (SSSR count). The maximum atomic E-state index is 11.8. The zero-order valence-corrected chi connectivity index (χ0v) is 15.7. The molecule has 0 radical (unpaired) electrons. The molecule has 0 aliphatic carbocycles. The van der Waals surface area contributed by atoms with Crippen molar-refractivity contribution in [2.24, 2.45) is 0 Å². The Hall–Kier alpha value is -2.47. The van der Waals surface area contributed by atoms with Gasteiger partial charge >= 0.3 is 5.97 Å². The van der Waals surface area contributed by atoms with Crippen LogP contribution in [0, 0.1) is 20.8 Å². The van der Waals surface area contributed by atoms with E-state index in [9.17, 15) is 4.79 Å². The maximum Gasteiger partial charge on any atom is 0.313 e. The van der Waals surface area contributed by atoms with E-state index < -0.39 is 0 Å². The van der Waals surface area contributed by atoms with Crippen LogP contribution in [0.4, 0.5) is 11.5 Å². The number of hydrogen-bond donors (Lipinski definition) is 1. The Balaban J connectivity index is 2.07. The largest absolute Gasteiger partial charge is 0.466 e. The summed E-state index contributed by atoms with van der Waals surface area (Å²) >= 11 is 1.62. The second-order valence-electron chi connectivity index (χ2n) is 5.87. The number of carbonyl (C=O) groups is 1. The zero-order chi connectivity index (χ0) is 18.0. The zero-order valence-electron chi connectivity index (χ0n) is 14.8. The van der Waals surface area contributed by atoms with Crippen LogP contribution in [-0.2, 0) is 16.0 Å². The van der Waals surface area contributed by atoms with Crippen LogP contribution >= 0.6 is 11.3 Å². The number of rotatable bonds is 5. The molecule has 0 bridgehead atoms. The van der Waals surface area contributed by atoms with Gasteiger partial charge in [0, 0.05) is 10.6 Å². The third kappa shape index (κ3) is 3.64. The van der Waals surface area contributed by atoms with Crippen LogP contribution < -0.4 is 5.32 Å². The minimum Gasteiger partial charge on any atom is -0.466 e. The molecular formula is C19H21N3O2S. The molecule has 0 saturated heterocycles. The first kappa shape index (κ1) is 17.4. The molecule has 0 atom stereocenters. The molecule has 25 heavy (non-hydrogen) atoms. The number of para-hydroxylation sites is 1. The number of hydrogen-bond acceptors (Lipinski definition) is 6. The van der Waals surface area contributed by atoms with Crippen LogP contribution in [0.15, 0.2) is 24.3 Å². The minimum atomic E-state index is -0.311. The fourth-order valence-electron chi connectivity index (χ4n) is 2.65. The molecule has 0 saturated carbocycles. The van der Waals surface area contributed by atoms with Crippen molar-refractivity contribution in [1.29, 1.82) is 0 Å². The van der Waals surface area contributed by atoms with E-state index in [0.717, 1.165) is 27.3 Å². The van der Waals surface area contributed by atoms with Crippen molar-refractivity contribution in [1.82, 2.24) is 9.97 Å².